The maximum Gasteiger partial charge on any atom is 0.0908 e. The molecule has 37 heavy (non-hydrogen) atoms. The molecule has 3 aliphatic carbocycles. The molecule has 1 unspecified atom stereocenters. The van der Waals surface area contributed by atoms with Gasteiger partial charge in [0.25, 0.3) is 0 Å². The normalized spacial score (nSPS) is 35.6. The Hall–Kier alpha value is -0.683. The molecule has 0 amide bonds. The van der Waals surface area contributed by atoms with Crippen molar-refractivity contribution in [3.05, 3.63) is 35.5 Å². The van der Waals surface area contributed by atoms with Crippen molar-refractivity contribution in [3.63, 3.8) is 0 Å². The van der Waals surface area contributed by atoms with Crippen LogP contribution in [0.25, 0.3) is 0 Å². The lowest BCUT2D eigenvalue weighted by molar-refractivity contribution is -0.0554. The van der Waals surface area contributed by atoms with Gasteiger partial charge in [-0.3, -0.25) is 0 Å². The van der Waals surface area contributed by atoms with Crippen molar-refractivity contribution in [2.45, 2.75) is 148 Å². The minimum absolute atomic E-state index is 0.147. The lowest BCUT2D eigenvalue weighted by Gasteiger charge is -2.52. The maximum absolute atomic E-state index is 11.9. The van der Waals surface area contributed by atoms with Gasteiger partial charge in [0.15, 0.2) is 0 Å². The molecule has 6 atom stereocenters. The van der Waals surface area contributed by atoms with E-state index in [9.17, 15) is 15.3 Å². The van der Waals surface area contributed by atoms with Crippen molar-refractivity contribution in [2.24, 2.45) is 23.2 Å². The van der Waals surface area contributed by atoms with Gasteiger partial charge in [-0.25, -0.2) is 0 Å². The van der Waals surface area contributed by atoms with E-state index in [0.29, 0.717) is 29.6 Å². The van der Waals surface area contributed by atoms with Crippen molar-refractivity contribution in [3.8, 4) is 0 Å². The van der Waals surface area contributed by atoms with Crippen LogP contribution in [0, 0.1) is 23.2 Å². The SMILES string of the molecule is C=C1CC[C@@](O)([Si](C)(C)C(C)(C)C)C/C1=C/C=C1CCC[C@@]2(C)C1CC[C@@H]2[C@H](C)CC[C@@H](O)C(C)(C)O. The zero-order valence-electron chi connectivity index (χ0n) is 25.6. The molecule has 3 fully saturated rings. The summed E-state index contributed by atoms with van der Waals surface area (Å²) < 4.78 is 0. The van der Waals surface area contributed by atoms with Gasteiger partial charge in [-0.2, -0.15) is 0 Å². The van der Waals surface area contributed by atoms with Gasteiger partial charge in [-0.1, -0.05) is 77.6 Å². The quantitative estimate of drug-likeness (QED) is 0.291. The van der Waals surface area contributed by atoms with Gasteiger partial charge in [0, 0.05) is 0 Å². The first-order valence-electron chi connectivity index (χ1n) is 15.0. The second-order valence-electron chi connectivity index (χ2n) is 15.4. The molecule has 3 N–H and O–H groups in total. The molecule has 4 heteroatoms. The smallest absolute Gasteiger partial charge is 0.0908 e. The topological polar surface area (TPSA) is 60.7 Å². The molecule has 3 rings (SSSR count). The number of rotatable bonds is 7. The Balaban J connectivity index is 1.78. The van der Waals surface area contributed by atoms with Crippen LogP contribution in [0.5, 0.6) is 0 Å². The van der Waals surface area contributed by atoms with E-state index in [2.05, 4.69) is 66.4 Å². The first-order valence-corrected chi connectivity index (χ1v) is 18.0. The lowest BCUT2D eigenvalue weighted by atomic mass is 9.60. The van der Waals surface area contributed by atoms with E-state index >= 15 is 0 Å². The Morgan fingerprint density at radius 3 is 2.30 bits per heavy atom. The summed E-state index contributed by atoms with van der Waals surface area (Å²) in [4.78, 5) is 0. The molecule has 0 saturated heterocycles. The van der Waals surface area contributed by atoms with Crippen LogP contribution in [-0.4, -0.2) is 40.3 Å². The van der Waals surface area contributed by atoms with Crippen molar-refractivity contribution < 1.29 is 15.3 Å². The molecule has 0 heterocycles. The van der Waals surface area contributed by atoms with Crippen LogP contribution in [0.4, 0.5) is 0 Å². The number of fused-ring (bicyclic) bond motifs is 1. The van der Waals surface area contributed by atoms with E-state index in [0.717, 1.165) is 25.7 Å². The highest BCUT2D eigenvalue weighted by Gasteiger charge is 2.54. The monoisotopic (exact) mass is 530 g/mol. The first kappa shape index (κ1) is 30.9. The summed E-state index contributed by atoms with van der Waals surface area (Å²) in [6, 6.07) is 0. The molecular formula is C33H58O3Si. The Kier molecular flexibility index (Phi) is 8.93. The number of aliphatic hydroxyl groups excluding tert-OH is 1. The number of hydrogen-bond donors (Lipinski definition) is 3. The zero-order chi connectivity index (χ0) is 28.0. The average molecular weight is 531 g/mol. The van der Waals surface area contributed by atoms with E-state index in [1.807, 2.05) is 0 Å². The third-order valence-corrected chi connectivity index (χ3v) is 18.3. The van der Waals surface area contributed by atoms with Crippen molar-refractivity contribution in [1.29, 1.82) is 0 Å². The van der Waals surface area contributed by atoms with Gasteiger partial charge >= 0.3 is 0 Å². The molecule has 3 saturated carbocycles. The van der Waals surface area contributed by atoms with Gasteiger partial charge in [-0.05, 0) is 112 Å². The Labute approximate surface area is 229 Å². The van der Waals surface area contributed by atoms with E-state index in [1.54, 1.807) is 19.4 Å². The lowest BCUT2D eigenvalue weighted by Crippen LogP contribution is -2.60. The molecule has 0 aromatic carbocycles. The summed E-state index contributed by atoms with van der Waals surface area (Å²) in [5, 5.41) is 32.0. The van der Waals surface area contributed by atoms with Crippen molar-refractivity contribution in [2.75, 3.05) is 0 Å². The largest absolute Gasteiger partial charge is 0.393 e. The summed E-state index contributed by atoms with van der Waals surface area (Å²) >= 11 is 0. The highest BCUT2D eigenvalue weighted by molar-refractivity contribution is 6.82. The minimum Gasteiger partial charge on any atom is -0.393 e. The number of aliphatic hydroxyl groups is 3. The predicted octanol–water partition coefficient (Wildman–Crippen LogP) is 8.12. The molecule has 0 aromatic rings. The molecule has 0 bridgehead atoms. The fraction of sp³-hybridized carbons (Fsp3) is 0.818. The summed E-state index contributed by atoms with van der Waals surface area (Å²) in [7, 11) is -1.93. The molecule has 0 aromatic heterocycles. The van der Waals surface area contributed by atoms with E-state index < -0.39 is 25.0 Å². The van der Waals surface area contributed by atoms with Gasteiger partial charge < -0.3 is 15.3 Å². The van der Waals surface area contributed by atoms with E-state index in [-0.39, 0.29) is 5.04 Å². The summed E-state index contributed by atoms with van der Waals surface area (Å²) in [6.07, 6.45) is 14.4. The maximum atomic E-state index is 11.9. The van der Waals surface area contributed by atoms with Crippen LogP contribution in [-0.2, 0) is 0 Å². The van der Waals surface area contributed by atoms with Gasteiger partial charge in [0.1, 0.15) is 0 Å². The van der Waals surface area contributed by atoms with Crippen LogP contribution in [0.15, 0.2) is 35.5 Å². The van der Waals surface area contributed by atoms with Crippen LogP contribution in [0.2, 0.25) is 18.1 Å². The third-order valence-electron chi connectivity index (χ3n) is 11.8. The fourth-order valence-corrected chi connectivity index (χ4v) is 10.6. The van der Waals surface area contributed by atoms with Crippen LogP contribution in [0.1, 0.15) is 113 Å². The number of hydrogen-bond acceptors (Lipinski definition) is 3. The zero-order valence-corrected chi connectivity index (χ0v) is 26.6. The molecule has 3 nitrogen and oxygen atoms in total. The van der Waals surface area contributed by atoms with Crippen molar-refractivity contribution in [1.82, 2.24) is 0 Å². The second-order valence-corrected chi connectivity index (χ2v) is 21.1. The van der Waals surface area contributed by atoms with Crippen molar-refractivity contribution >= 4 is 8.07 Å². The minimum atomic E-state index is -1.93. The van der Waals surface area contributed by atoms with E-state index in [4.69, 9.17) is 0 Å². The van der Waals surface area contributed by atoms with Gasteiger partial charge in [-0.15, -0.1) is 0 Å². The highest BCUT2D eigenvalue weighted by atomic mass is 28.3. The Morgan fingerprint density at radius 1 is 1.05 bits per heavy atom. The Bertz CT molecular complexity index is 902. The third kappa shape index (κ3) is 6.08. The summed E-state index contributed by atoms with van der Waals surface area (Å²) in [5.41, 5.74) is 3.36. The highest BCUT2D eigenvalue weighted by Crippen LogP contribution is 2.60. The molecule has 3 aliphatic rings. The number of allylic oxidation sites excluding steroid dienone is 4. The molecule has 0 aliphatic heterocycles. The van der Waals surface area contributed by atoms with Crippen LogP contribution in [0.3, 0.4) is 0 Å². The van der Waals surface area contributed by atoms with E-state index in [1.165, 1.54) is 43.3 Å². The first-order chi connectivity index (χ1) is 16.8. The molecule has 212 valence electrons. The van der Waals surface area contributed by atoms with Gasteiger partial charge in [0.2, 0.25) is 0 Å². The summed E-state index contributed by atoms with van der Waals surface area (Å²) in [5.74, 6) is 1.83. The molecule has 0 spiro atoms. The van der Waals surface area contributed by atoms with Crippen LogP contribution < -0.4 is 0 Å². The molecular weight excluding hydrogens is 472 g/mol. The van der Waals surface area contributed by atoms with Crippen LogP contribution >= 0.6 is 0 Å². The predicted molar refractivity (Wildman–Crippen MR) is 160 cm³/mol. The average Bonchev–Trinajstić information content (AvgIpc) is 3.14. The second kappa shape index (κ2) is 10.7. The van der Waals surface area contributed by atoms with Gasteiger partial charge in [0.05, 0.1) is 25.0 Å². The summed E-state index contributed by atoms with van der Waals surface area (Å²) in [6.45, 7) is 24.3. The fourth-order valence-electron chi connectivity index (χ4n) is 7.85. The standard InChI is InChI=1S/C33H58O3Si/c1-23-19-21-33(36,37(9,10)30(3,4)5)22-26(23)15-14-25-12-11-20-32(8)27(16-17-28(25)32)24(2)13-18-29(34)31(6,7)35/h14-15,24,27-29,34-36H,1,11-13,16-22H2,2-10H3/b25-14?,26-15-/t24-,27-,28?,29-,32-,33-/m1/s1. The Morgan fingerprint density at radius 2 is 1.70 bits per heavy atom. The molecule has 0 radical (unpaired) electrons.